The van der Waals surface area contributed by atoms with Gasteiger partial charge in [0, 0.05) is 0 Å². The maximum atomic E-state index is 11.6. The molecule has 0 spiro atoms. The number of hydrogen-bond acceptors (Lipinski definition) is 4. The number of hydrogen-bond donors (Lipinski definition) is 1. The molecular weight excluding hydrogens is 214 g/mol. The quantitative estimate of drug-likeness (QED) is 0.522. The summed E-state index contributed by atoms with van der Waals surface area (Å²) in [6.45, 7) is 3.69. The Bertz CT molecular complexity index is 344. The molecule has 0 radical (unpaired) electrons. The maximum absolute atomic E-state index is 11.6. The van der Waals surface area contributed by atoms with Crippen molar-refractivity contribution < 1.29 is 24.2 Å². The van der Waals surface area contributed by atoms with Gasteiger partial charge >= 0.3 is 5.97 Å². The Morgan fingerprint density at radius 1 is 1.38 bits per heavy atom. The van der Waals surface area contributed by atoms with E-state index in [1.54, 1.807) is 0 Å². The highest BCUT2D eigenvalue weighted by atomic mass is 16.6. The fraction of sp³-hybridized carbons (Fsp3) is 0.700. The number of rotatable bonds is 4. The molecule has 6 nitrogen and oxygen atoms in total. The number of nitrogens with zero attached hydrogens (tertiary/aromatic N) is 1. The highest BCUT2D eigenvalue weighted by Crippen LogP contribution is 2.35. The molecule has 2 saturated heterocycles. The Balaban J connectivity index is 2.17. The third-order valence-corrected chi connectivity index (χ3v) is 2.74. The molecule has 0 unspecified atom stereocenters. The largest absolute Gasteiger partial charge is 0.480 e. The summed E-state index contributed by atoms with van der Waals surface area (Å²) in [6, 6.07) is -1.06. The lowest BCUT2D eigenvalue weighted by molar-refractivity contribution is -0.158. The van der Waals surface area contributed by atoms with Crippen LogP contribution in [0.3, 0.4) is 0 Å². The lowest BCUT2D eigenvalue weighted by atomic mass is 10.0. The van der Waals surface area contributed by atoms with Crippen LogP contribution in [0, 0.1) is 5.92 Å². The van der Waals surface area contributed by atoms with Gasteiger partial charge in [0.25, 0.3) is 11.8 Å². The molecule has 2 rings (SSSR count). The van der Waals surface area contributed by atoms with Crippen LogP contribution in [0.5, 0.6) is 0 Å². The second kappa shape index (κ2) is 3.55. The standard InChI is InChI=1S/C10H13NO5/c1-4(2)3-5(10(14)15)11-8(12)6-7(16-6)9(11)13/h4-7H,3H2,1-2H3,(H,14,15)/t5-,6-,7-/m0/s1. The van der Waals surface area contributed by atoms with Crippen molar-refractivity contribution in [2.45, 2.75) is 38.5 Å². The van der Waals surface area contributed by atoms with Crippen LogP contribution in [0.15, 0.2) is 0 Å². The molecule has 0 bridgehead atoms. The number of epoxide rings is 1. The minimum absolute atomic E-state index is 0.0968. The third kappa shape index (κ3) is 1.59. The predicted octanol–water partition coefficient (Wildman–Crippen LogP) is -0.378. The van der Waals surface area contributed by atoms with Gasteiger partial charge in [-0.25, -0.2) is 4.79 Å². The van der Waals surface area contributed by atoms with E-state index in [1.807, 2.05) is 13.8 Å². The molecule has 2 aliphatic rings. The Kier molecular flexibility index (Phi) is 2.46. The van der Waals surface area contributed by atoms with Crippen molar-refractivity contribution in [3.8, 4) is 0 Å². The Morgan fingerprint density at radius 3 is 2.25 bits per heavy atom. The summed E-state index contributed by atoms with van der Waals surface area (Å²) >= 11 is 0. The van der Waals surface area contributed by atoms with Crippen LogP contribution in [0.4, 0.5) is 0 Å². The van der Waals surface area contributed by atoms with Crippen molar-refractivity contribution in [3.63, 3.8) is 0 Å². The van der Waals surface area contributed by atoms with E-state index in [0.29, 0.717) is 0 Å². The van der Waals surface area contributed by atoms with E-state index in [4.69, 9.17) is 9.84 Å². The van der Waals surface area contributed by atoms with E-state index in [-0.39, 0.29) is 12.3 Å². The Labute approximate surface area is 92.2 Å². The molecule has 2 amide bonds. The van der Waals surface area contributed by atoms with Crippen molar-refractivity contribution in [2.24, 2.45) is 5.92 Å². The number of carboxylic acids is 1. The van der Waals surface area contributed by atoms with Crippen molar-refractivity contribution in [1.82, 2.24) is 4.90 Å². The van der Waals surface area contributed by atoms with Crippen LogP contribution in [-0.4, -0.2) is 46.0 Å². The fourth-order valence-corrected chi connectivity index (χ4v) is 1.94. The number of likely N-dealkylation sites (tertiary alicyclic amines) is 1. The van der Waals surface area contributed by atoms with E-state index in [2.05, 4.69) is 0 Å². The highest BCUT2D eigenvalue weighted by Gasteiger charge is 2.63. The minimum Gasteiger partial charge on any atom is -0.480 e. The first-order valence-corrected chi connectivity index (χ1v) is 5.18. The lowest BCUT2D eigenvalue weighted by Crippen LogP contribution is -2.48. The molecule has 0 aromatic carbocycles. The second-order valence-corrected chi connectivity index (χ2v) is 4.51. The molecule has 6 heteroatoms. The first-order valence-electron chi connectivity index (χ1n) is 5.18. The molecule has 0 aromatic heterocycles. The van der Waals surface area contributed by atoms with Crippen molar-refractivity contribution in [1.29, 1.82) is 0 Å². The van der Waals surface area contributed by atoms with E-state index in [1.165, 1.54) is 0 Å². The zero-order valence-corrected chi connectivity index (χ0v) is 9.04. The van der Waals surface area contributed by atoms with Gasteiger partial charge in [-0.05, 0) is 12.3 Å². The molecule has 0 aromatic rings. The van der Waals surface area contributed by atoms with Crippen LogP contribution in [0.2, 0.25) is 0 Å². The third-order valence-electron chi connectivity index (χ3n) is 2.74. The van der Waals surface area contributed by atoms with E-state index >= 15 is 0 Å². The van der Waals surface area contributed by atoms with E-state index in [9.17, 15) is 14.4 Å². The fourth-order valence-electron chi connectivity index (χ4n) is 1.94. The number of carboxylic acid groups (broad SMARTS) is 1. The summed E-state index contributed by atoms with van der Waals surface area (Å²) in [4.78, 5) is 35.1. The van der Waals surface area contributed by atoms with Gasteiger partial charge in [0.05, 0.1) is 0 Å². The van der Waals surface area contributed by atoms with E-state index < -0.39 is 36.0 Å². The van der Waals surface area contributed by atoms with Gasteiger partial charge in [-0.2, -0.15) is 0 Å². The first kappa shape index (κ1) is 11.1. The summed E-state index contributed by atoms with van der Waals surface area (Å²) < 4.78 is 4.81. The number of fused-ring (bicyclic) bond motifs is 1. The smallest absolute Gasteiger partial charge is 0.326 e. The average molecular weight is 227 g/mol. The summed E-state index contributed by atoms with van der Waals surface area (Å²) in [5.74, 6) is -2.07. The van der Waals surface area contributed by atoms with Gasteiger partial charge in [-0.3, -0.25) is 14.5 Å². The summed E-state index contributed by atoms with van der Waals surface area (Å²) in [5.41, 5.74) is 0. The number of imide groups is 1. The normalized spacial score (nSPS) is 29.6. The highest BCUT2D eigenvalue weighted by molar-refractivity contribution is 6.13. The van der Waals surface area contributed by atoms with E-state index in [0.717, 1.165) is 4.90 Å². The predicted molar refractivity (Wildman–Crippen MR) is 51.4 cm³/mol. The molecule has 0 saturated carbocycles. The van der Waals surface area contributed by atoms with Crippen LogP contribution >= 0.6 is 0 Å². The molecule has 88 valence electrons. The Morgan fingerprint density at radius 2 is 1.88 bits per heavy atom. The van der Waals surface area contributed by atoms with Gasteiger partial charge in [0.1, 0.15) is 6.04 Å². The average Bonchev–Trinajstić information content (AvgIpc) is 2.90. The monoisotopic (exact) mass is 227 g/mol. The Hall–Kier alpha value is -1.43. The van der Waals surface area contributed by atoms with Crippen molar-refractivity contribution in [2.75, 3.05) is 0 Å². The topological polar surface area (TPSA) is 87.2 Å². The van der Waals surface area contributed by atoms with Gasteiger partial charge in [0.2, 0.25) is 0 Å². The van der Waals surface area contributed by atoms with Crippen molar-refractivity contribution in [3.05, 3.63) is 0 Å². The van der Waals surface area contributed by atoms with Crippen LogP contribution in [-0.2, 0) is 19.1 Å². The number of carbonyl (C=O) groups excluding carboxylic acids is 2. The minimum atomic E-state index is -1.14. The molecule has 2 fully saturated rings. The summed E-state index contributed by atoms with van der Waals surface area (Å²) in [6.07, 6.45) is -1.17. The molecule has 2 heterocycles. The first-order chi connectivity index (χ1) is 7.43. The maximum Gasteiger partial charge on any atom is 0.326 e. The number of aliphatic carboxylic acids is 1. The van der Waals surface area contributed by atoms with Gasteiger partial charge in [0.15, 0.2) is 12.2 Å². The van der Waals surface area contributed by atoms with Gasteiger partial charge in [-0.1, -0.05) is 13.8 Å². The number of carbonyl (C=O) groups is 3. The molecule has 0 aliphatic carbocycles. The second-order valence-electron chi connectivity index (χ2n) is 4.51. The van der Waals surface area contributed by atoms with Crippen molar-refractivity contribution >= 4 is 17.8 Å². The number of ether oxygens (including phenoxy) is 1. The number of amides is 2. The molecule has 1 N–H and O–H groups in total. The molecule has 3 atom stereocenters. The zero-order valence-electron chi connectivity index (χ0n) is 9.04. The zero-order chi connectivity index (χ0) is 12.0. The summed E-state index contributed by atoms with van der Waals surface area (Å²) in [5, 5.41) is 9.03. The SMILES string of the molecule is CC(C)C[C@@H](C(=O)O)N1C(=O)[C@H]2O[C@@H]2C1=O. The van der Waals surface area contributed by atoms with Crippen LogP contribution in [0.25, 0.3) is 0 Å². The van der Waals surface area contributed by atoms with Crippen LogP contribution in [0.1, 0.15) is 20.3 Å². The van der Waals surface area contributed by atoms with Gasteiger partial charge in [-0.15, -0.1) is 0 Å². The molecule has 2 aliphatic heterocycles. The molecule has 16 heavy (non-hydrogen) atoms. The molecular formula is C10H13NO5. The lowest BCUT2D eigenvalue weighted by Gasteiger charge is -2.24. The summed E-state index contributed by atoms with van der Waals surface area (Å²) in [7, 11) is 0. The number of morpholine rings is 1. The van der Waals surface area contributed by atoms with Gasteiger partial charge < -0.3 is 9.84 Å². The van der Waals surface area contributed by atoms with Crippen LogP contribution < -0.4 is 0 Å².